The second kappa shape index (κ2) is 15.9. The Bertz CT molecular complexity index is 4700. The van der Waals surface area contributed by atoms with E-state index in [9.17, 15) is 0 Å². The molecule has 0 N–H and O–H groups in total. The van der Waals surface area contributed by atoms with Crippen molar-refractivity contribution < 1.29 is 4.42 Å². The fourth-order valence-electron chi connectivity index (χ4n) is 11.0. The molecule has 0 saturated heterocycles. The van der Waals surface area contributed by atoms with E-state index in [1.165, 1.54) is 49.0 Å². The molecule has 6 heteroatoms. The van der Waals surface area contributed by atoms with Crippen LogP contribution in [0.4, 0.5) is 0 Å². The number of furan rings is 1. The van der Waals surface area contributed by atoms with Gasteiger partial charge in [0.05, 0.1) is 22.1 Å². The van der Waals surface area contributed by atoms with Crippen LogP contribution < -0.4 is 0 Å². The summed E-state index contributed by atoms with van der Waals surface area (Å²) >= 11 is 0. The van der Waals surface area contributed by atoms with Crippen molar-refractivity contribution in [3.05, 3.63) is 237 Å². The van der Waals surface area contributed by atoms with Crippen molar-refractivity contribution in [3.8, 4) is 62.1 Å². The van der Waals surface area contributed by atoms with Crippen molar-refractivity contribution in [1.82, 2.24) is 24.5 Å². The van der Waals surface area contributed by atoms with E-state index in [0.29, 0.717) is 23.1 Å². The first kappa shape index (κ1) is 40.1. The van der Waals surface area contributed by atoms with Crippen molar-refractivity contribution >= 4 is 87.0 Å². The van der Waals surface area contributed by atoms with Gasteiger partial charge in [-0.1, -0.05) is 176 Å². The molecule has 0 amide bonds. The molecule has 0 aliphatic rings. The molecule has 0 radical (unpaired) electrons. The number of fused-ring (bicyclic) bond motifs is 11. The van der Waals surface area contributed by atoms with Gasteiger partial charge in [0.2, 0.25) is 0 Å². The predicted octanol–water partition coefficient (Wildman–Crippen LogP) is 17.2. The Balaban J connectivity index is 0.951. The van der Waals surface area contributed by atoms with Gasteiger partial charge in [-0.3, -0.25) is 4.98 Å². The van der Waals surface area contributed by atoms with Crippen LogP contribution in [0.5, 0.6) is 0 Å². The molecule has 0 bridgehead atoms. The first-order chi connectivity index (χ1) is 35.7. The largest absolute Gasteiger partial charge is 0.454 e. The summed E-state index contributed by atoms with van der Waals surface area (Å²) in [5, 5.41) is 12.5. The van der Waals surface area contributed by atoms with E-state index < -0.39 is 0 Å². The topological polar surface area (TPSA) is 69.6 Å². The van der Waals surface area contributed by atoms with Gasteiger partial charge in [0, 0.05) is 39.0 Å². The summed E-state index contributed by atoms with van der Waals surface area (Å²) in [5.74, 6) is 1.68. The number of rotatable bonds is 6. The molecular formula is C66H39N5O. The number of hydrogen-bond donors (Lipinski definition) is 0. The summed E-state index contributed by atoms with van der Waals surface area (Å²) < 4.78 is 8.79. The molecule has 0 atom stereocenters. The van der Waals surface area contributed by atoms with Crippen LogP contribution in [-0.4, -0.2) is 24.5 Å². The standard InChI is InChI=1S/C66H39N5O/c1-2-12-40(13-3-1)44-27-28-47-38-49(30-29-45(47)37-44)64-68-65(70-66(69-64)55-21-10-23-59-62(55)63-60(72-59)24-11-35-67-63)53-20-8-19-52-51(53)18-9-22-56(52)71-57-34-32-42-15-6-7-17-50(42)61(57)54-33-31-48(39-58(54)71)46-26-25-41-14-4-5-16-43(41)36-46/h1-39H. The van der Waals surface area contributed by atoms with E-state index in [4.69, 9.17) is 24.4 Å². The van der Waals surface area contributed by atoms with Crippen LogP contribution in [0.2, 0.25) is 0 Å². The molecule has 0 aliphatic carbocycles. The van der Waals surface area contributed by atoms with Crippen LogP contribution in [-0.2, 0) is 0 Å². The molecule has 4 heterocycles. The van der Waals surface area contributed by atoms with Gasteiger partial charge in [-0.25, -0.2) is 15.0 Å². The summed E-state index contributed by atoms with van der Waals surface area (Å²) in [7, 11) is 0. The molecule has 11 aromatic carbocycles. The summed E-state index contributed by atoms with van der Waals surface area (Å²) in [6.45, 7) is 0. The highest BCUT2D eigenvalue weighted by atomic mass is 16.3. The molecule has 15 aromatic rings. The molecule has 72 heavy (non-hydrogen) atoms. The fraction of sp³-hybridized carbons (Fsp3) is 0. The first-order valence-electron chi connectivity index (χ1n) is 24.3. The Morgan fingerprint density at radius 2 is 0.917 bits per heavy atom. The summed E-state index contributed by atoms with van der Waals surface area (Å²) in [4.78, 5) is 20.8. The maximum Gasteiger partial charge on any atom is 0.164 e. The van der Waals surface area contributed by atoms with Crippen molar-refractivity contribution in [1.29, 1.82) is 0 Å². The van der Waals surface area contributed by atoms with Crippen LogP contribution in [0.3, 0.4) is 0 Å². The number of aromatic nitrogens is 5. The highest BCUT2D eigenvalue weighted by Gasteiger charge is 2.22. The first-order valence-corrected chi connectivity index (χ1v) is 24.3. The second-order valence-corrected chi connectivity index (χ2v) is 18.6. The van der Waals surface area contributed by atoms with Crippen LogP contribution in [0, 0.1) is 0 Å². The van der Waals surface area contributed by atoms with Gasteiger partial charge in [-0.2, -0.15) is 0 Å². The van der Waals surface area contributed by atoms with Gasteiger partial charge < -0.3 is 8.98 Å². The second-order valence-electron chi connectivity index (χ2n) is 18.6. The van der Waals surface area contributed by atoms with Crippen molar-refractivity contribution in [2.75, 3.05) is 0 Å². The van der Waals surface area contributed by atoms with Crippen LogP contribution >= 0.6 is 0 Å². The third-order valence-corrected chi connectivity index (χ3v) is 14.5. The predicted molar refractivity (Wildman–Crippen MR) is 296 cm³/mol. The van der Waals surface area contributed by atoms with Crippen molar-refractivity contribution in [2.24, 2.45) is 0 Å². The zero-order valence-corrected chi connectivity index (χ0v) is 38.7. The molecule has 0 unspecified atom stereocenters. The molecule has 0 fully saturated rings. The Morgan fingerprint density at radius 3 is 1.79 bits per heavy atom. The number of pyridine rings is 1. The normalized spacial score (nSPS) is 11.9. The van der Waals surface area contributed by atoms with Crippen molar-refractivity contribution in [2.45, 2.75) is 0 Å². The quantitative estimate of drug-likeness (QED) is 0.166. The van der Waals surface area contributed by atoms with E-state index in [1.54, 1.807) is 6.20 Å². The van der Waals surface area contributed by atoms with Gasteiger partial charge >= 0.3 is 0 Å². The minimum absolute atomic E-state index is 0.539. The maximum atomic E-state index is 6.34. The van der Waals surface area contributed by atoms with Crippen molar-refractivity contribution in [3.63, 3.8) is 0 Å². The van der Waals surface area contributed by atoms with E-state index in [-0.39, 0.29) is 0 Å². The lowest BCUT2D eigenvalue weighted by Gasteiger charge is -2.15. The summed E-state index contributed by atoms with van der Waals surface area (Å²) in [6.07, 6.45) is 1.80. The highest BCUT2D eigenvalue weighted by molar-refractivity contribution is 6.22. The maximum absolute atomic E-state index is 6.34. The molecule has 0 spiro atoms. The van der Waals surface area contributed by atoms with Gasteiger partial charge in [-0.05, 0) is 115 Å². The van der Waals surface area contributed by atoms with E-state index in [2.05, 4.69) is 205 Å². The van der Waals surface area contributed by atoms with Crippen LogP contribution in [0.25, 0.3) is 149 Å². The SMILES string of the molecule is c1ccc(-c2ccc3cc(-c4nc(-c5cccc6c(-n7c8cc(-c9ccc%10ccccc%10c9)ccc8c8c9ccccc9ccc87)cccc56)nc(-c5cccc6oc7cccnc7c56)n4)ccc3c2)cc1. The minimum Gasteiger partial charge on any atom is -0.454 e. The smallest absolute Gasteiger partial charge is 0.164 e. The minimum atomic E-state index is 0.539. The Morgan fingerprint density at radius 1 is 0.319 bits per heavy atom. The van der Waals surface area contributed by atoms with Crippen LogP contribution in [0.15, 0.2) is 241 Å². The lowest BCUT2D eigenvalue weighted by atomic mass is 9.99. The van der Waals surface area contributed by atoms with E-state index in [0.717, 1.165) is 77.0 Å². The Kier molecular flexibility index (Phi) is 8.86. The monoisotopic (exact) mass is 917 g/mol. The molecule has 334 valence electrons. The van der Waals surface area contributed by atoms with Gasteiger partial charge in [-0.15, -0.1) is 0 Å². The average molecular weight is 918 g/mol. The zero-order valence-electron chi connectivity index (χ0n) is 38.7. The number of benzene rings is 11. The molecular weight excluding hydrogens is 879 g/mol. The highest BCUT2D eigenvalue weighted by Crippen LogP contribution is 2.42. The lowest BCUT2D eigenvalue weighted by molar-refractivity contribution is 0.668. The molecule has 6 nitrogen and oxygen atoms in total. The van der Waals surface area contributed by atoms with Gasteiger partial charge in [0.1, 0.15) is 11.1 Å². The molecule has 15 rings (SSSR count). The number of nitrogens with zero attached hydrogens (tertiary/aromatic N) is 5. The fourth-order valence-corrected chi connectivity index (χ4v) is 11.0. The van der Waals surface area contributed by atoms with Gasteiger partial charge in [0.25, 0.3) is 0 Å². The van der Waals surface area contributed by atoms with E-state index >= 15 is 0 Å². The Labute approximate surface area is 412 Å². The molecule has 0 aliphatic heterocycles. The Hall–Kier alpha value is -9.78. The van der Waals surface area contributed by atoms with Crippen LogP contribution in [0.1, 0.15) is 0 Å². The number of hydrogen-bond acceptors (Lipinski definition) is 5. The third-order valence-electron chi connectivity index (χ3n) is 14.5. The summed E-state index contributed by atoms with van der Waals surface area (Å²) in [5.41, 5.74) is 12.9. The molecule has 4 aromatic heterocycles. The van der Waals surface area contributed by atoms with E-state index in [1.807, 2.05) is 30.3 Å². The average Bonchev–Trinajstić information content (AvgIpc) is 4.00. The zero-order chi connectivity index (χ0) is 47.3. The lowest BCUT2D eigenvalue weighted by Crippen LogP contribution is -2.01. The third kappa shape index (κ3) is 6.36. The van der Waals surface area contributed by atoms with Gasteiger partial charge in [0.15, 0.2) is 23.1 Å². The molecule has 0 saturated carbocycles. The summed E-state index contributed by atoms with van der Waals surface area (Å²) in [6, 6.07) is 82.0.